The second-order valence-corrected chi connectivity index (χ2v) is 7.46. The highest BCUT2D eigenvalue weighted by Crippen LogP contribution is 2.39. The molecule has 1 aromatic rings. The van der Waals surface area contributed by atoms with Crippen molar-refractivity contribution in [2.24, 2.45) is 23.7 Å². The first-order valence-corrected chi connectivity index (χ1v) is 8.22. The molecule has 0 aromatic heterocycles. The third kappa shape index (κ3) is 4.09. The predicted octanol–water partition coefficient (Wildman–Crippen LogP) is 4.99. The van der Waals surface area contributed by atoms with Gasteiger partial charge in [0.1, 0.15) is 0 Å². The number of hydrogen-bond donors (Lipinski definition) is 1. The van der Waals surface area contributed by atoms with Gasteiger partial charge in [0.05, 0.1) is 6.10 Å². The molecule has 3 atom stereocenters. The zero-order valence-electron chi connectivity index (χ0n) is 13.5. The minimum atomic E-state index is -0.284. The van der Waals surface area contributed by atoms with Crippen molar-refractivity contribution in [1.82, 2.24) is 0 Å². The molecular formula is C19H30O. The smallest absolute Gasteiger partial charge is 0.0818 e. The van der Waals surface area contributed by atoms with Crippen molar-refractivity contribution in [3.8, 4) is 0 Å². The SMILES string of the molecule is CC(C)Cc1ccc(C(O)C2CC(C)CC(C)C2)cc1. The molecule has 1 fully saturated rings. The number of aliphatic hydroxyl groups is 1. The molecule has 1 heteroatoms. The summed E-state index contributed by atoms with van der Waals surface area (Å²) in [4.78, 5) is 0. The topological polar surface area (TPSA) is 20.2 Å². The van der Waals surface area contributed by atoms with Crippen LogP contribution in [0.15, 0.2) is 24.3 Å². The third-order valence-corrected chi connectivity index (χ3v) is 4.63. The molecule has 1 saturated carbocycles. The average molecular weight is 274 g/mol. The summed E-state index contributed by atoms with van der Waals surface area (Å²) in [6.45, 7) is 9.13. The highest BCUT2D eigenvalue weighted by molar-refractivity contribution is 5.25. The van der Waals surface area contributed by atoms with Gasteiger partial charge in [-0.25, -0.2) is 0 Å². The van der Waals surface area contributed by atoms with Crippen LogP contribution >= 0.6 is 0 Å². The Bertz CT molecular complexity index is 396. The van der Waals surface area contributed by atoms with Gasteiger partial charge in [-0.3, -0.25) is 0 Å². The lowest BCUT2D eigenvalue weighted by Gasteiger charge is -2.34. The van der Waals surface area contributed by atoms with Crippen LogP contribution in [0.4, 0.5) is 0 Å². The van der Waals surface area contributed by atoms with Crippen molar-refractivity contribution < 1.29 is 5.11 Å². The lowest BCUT2D eigenvalue weighted by Crippen LogP contribution is -2.24. The molecule has 20 heavy (non-hydrogen) atoms. The van der Waals surface area contributed by atoms with E-state index < -0.39 is 0 Å². The van der Waals surface area contributed by atoms with Gasteiger partial charge in [0.2, 0.25) is 0 Å². The van der Waals surface area contributed by atoms with Crippen molar-refractivity contribution in [2.45, 2.75) is 59.5 Å². The van der Waals surface area contributed by atoms with Gasteiger partial charge in [0.25, 0.3) is 0 Å². The Labute approximate surface area is 124 Å². The standard InChI is InChI=1S/C19H30O/c1-13(2)9-16-5-7-17(8-6-16)19(20)18-11-14(3)10-15(4)12-18/h5-8,13-15,18-20H,9-12H2,1-4H3. The van der Waals surface area contributed by atoms with E-state index in [0.717, 1.165) is 23.8 Å². The monoisotopic (exact) mass is 274 g/mol. The molecule has 112 valence electrons. The molecule has 0 spiro atoms. The number of benzene rings is 1. The molecule has 3 unspecified atom stereocenters. The van der Waals surface area contributed by atoms with Crippen LogP contribution in [0.3, 0.4) is 0 Å². The van der Waals surface area contributed by atoms with Gasteiger partial charge in [-0.2, -0.15) is 0 Å². The highest BCUT2D eigenvalue weighted by atomic mass is 16.3. The fraction of sp³-hybridized carbons (Fsp3) is 0.684. The number of rotatable bonds is 4. The van der Waals surface area contributed by atoms with Gasteiger partial charge in [0, 0.05) is 0 Å². The van der Waals surface area contributed by atoms with E-state index in [9.17, 15) is 5.11 Å². The van der Waals surface area contributed by atoms with E-state index in [1.807, 2.05) is 0 Å². The lowest BCUT2D eigenvalue weighted by atomic mass is 9.73. The summed E-state index contributed by atoms with van der Waals surface area (Å²) in [5.41, 5.74) is 2.48. The van der Waals surface area contributed by atoms with E-state index in [-0.39, 0.29) is 6.10 Å². The van der Waals surface area contributed by atoms with Gasteiger partial charge < -0.3 is 5.11 Å². The Morgan fingerprint density at radius 1 is 1.00 bits per heavy atom. The van der Waals surface area contributed by atoms with Crippen LogP contribution in [-0.4, -0.2) is 5.11 Å². The summed E-state index contributed by atoms with van der Waals surface area (Å²) in [6.07, 6.45) is 4.48. The molecule has 0 heterocycles. The average Bonchev–Trinajstić information content (AvgIpc) is 2.37. The number of hydrogen-bond acceptors (Lipinski definition) is 1. The summed E-state index contributed by atoms with van der Waals surface area (Å²) in [7, 11) is 0. The molecule has 0 aliphatic heterocycles. The van der Waals surface area contributed by atoms with Crippen LogP contribution < -0.4 is 0 Å². The van der Waals surface area contributed by atoms with Crippen LogP contribution in [0, 0.1) is 23.7 Å². The van der Waals surface area contributed by atoms with E-state index in [1.54, 1.807) is 0 Å². The first kappa shape index (κ1) is 15.6. The first-order valence-electron chi connectivity index (χ1n) is 8.22. The second kappa shape index (κ2) is 6.76. The Hall–Kier alpha value is -0.820. The summed E-state index contributed by atoms with van der Waals surface area (Å²) in [6, 6.07) is 8.64. The molecule has 1 aromatic carbocycles. The molecule has 1 nitrogen and oxygen atoms in total. The molecule has 0 amide bonds. The third-order valence-electron chi connectivity index (χ3n) is 4.63. The van der Waals surface area contributed by atoms with Crippen LogP contribution in [0.25, 0.3) is 0 Å². The number of aliphatic hydroxyl groups excluding tert-OH is 1. The zero-order chi connectivity index (χ0) is 14.7. The molecule has 1 aliphatic carbocycles. The van der Waals surface area contributed by atoms with Crippen molar-refractivity contribution >= 4 is 0 Å². The van der Waals surface area contributed by atoms with Crippen LogP contribution in [0.1, 0.15) is 64.2 Å². The Kier molecular flexibility index (Phi) is 5.26. The van der Waals surface area contributed by atoms with Gasteiger partial charge in [-0.05, 0) is 60.5 Å². The summed E-state index contributed by atoms with van der Waals surface area (Å²) < 4.78 is 0. The quantitative estimate of drug-likeness (QED) is 0.820. The van der Waals surface area contributed by atoms with Crippen LogP contribution in [0.5, 0.6) is 0 Å². The van der Waals surface area contributed by atoms with Crippen molar-refractivity contribution in [3.05, 3.63) is 35.4 Å². The molecule has 0 saturated heterocycles. The van der Waals surface area contributed by atoms with Crippen molar-refractivity contribution in [3.63, 3.8) is 0 Å². The molecule has 0 radical (unpaired) electrons. The molecule has 0 bridgehead atoms. The zero-order valence-corrected chi connectivity index (χ0v) is 13.5. The van der Waals surface area contributed by atoms with Gasteiger partial charge in [0.15, 0.2) is 0 Å². The van der Waals surface area contributed by atoms with E-state index in [4.69, 9.17) is 0 Å². The Balaban J connectivity index is 2.03. The van der Waals surface area contributed by atoms with E-state index >= 15 is 0 Å². The highest BCUT2D eigenvalue weighted by Gasteiger charge is 2.29. The first-order chi connectivity index (χ1) is 9.45. The minimum absolute atomic E-state index is 0.284. The maximum Gasteiger partial charge on any atom is 0.0818 e. The minimum Gasteiger partial charge on any atom is -0.388 e. The molecule has 1 aliphatic rings. The van der Waals surface area contributed by atoms with Crippen molar-refractivity contribution in [2.75, 3.05) is 0 Å². The van der Waals surface area contributed by atoms with Crippen LogP contribution in [-0.2, 0) is 6.42 Å². The van der Waals surface area contributed by atoms with Gasteiger partial charge >= 0.3 is 0 Å². The van der Waals surface area contributed by atoms with E-state index in [2.05, 4.69) is 52.0 Å². The van der Waals surface area contributed by atoms with Crippen LogP contribution in [0.2, 0.25) is 0 Å². The molecular weight excluding hydrogens is 244 g/mol. The maximum absolute atomic E-state index is 10.7. The lowest BCUT2D eigenvalue weighted by molar-refractivity contribution is 0.0552. The summed E-state index contributed by atoms with van der Waals surface area (Å²) >= 11 is 0. The van der Waals surface area contributed by atoms with E-state index in [1.165, 1.54) is 24.8 Å². The summed E-state index contributed by atoms with van der Waals surface area (Å²) in [5, 5.41) is 10.7. The second-order valence-electron chi connectivity index (χ2n) is 7.46. The van der Waals surface area contributed by atoms with E-state index in [0.29, 0.717) is 11.8 Å². The van der Waals surface area contributed by atoms with Crippen molar-refractivity contribution in [1.29, 1.82) is 0 Å². The Morgan fingerprint density at radius 3 is 2.05 bits per heavy atom. The fourth-order valence-corrected chi connectivity index (χ4v) is 3.86. The van der Waals surface area contributed by atoms with Gasteiger partial charge in [-0.1, -0.05) is 52.0 Å². The predicted molar refractivity (Wildman–Crippen MR) is 85.6 cm³/mol. The largest absolute Gasteiger partial charge is 0.388 e. The van der Waals surface area contributed by atoms with Gasteiger partial charge in [-0.15, -0.1) is 0 Å². The normalized spacial score (nSPS) is 28.6. The Morgan fingerprint density at radius 2 is 1.55 bits per heavy atom. The summed E-state index contributed by atoms with van der Waals surface area (Å²) in [5.74, 6) is 2.62. The molecule has 2 rings (SSSR count). The maximum atomic E-state index is 10.7. The molecule has 1 N–H and O–H groups in total. The fourth-order valence-electron chi connectivity index (χ4n) is 3.86.